The Balaban J connectivity index is 1.41. The van der Waals surface area contributed by atoms with E-state index in [2.05, 4.69) is 162 Å². The maximum absolute atomic E-state index is 5.29. The number of benzene rings is 6. The van der Waals surface area contributed by atoms with E-state index in [4.69, 9.17) is 4.98 Å². The molecule has 3 heteroatoms. The van der Waals surface area contributed by atoms with Crippen LogP contribution in [0.2, 0.25) is 0 Å². The molecule has 0 spiro atoms. The van der Waals surface area contributed by atoms with Crippen molar-refractivity contribution >= 4 is 11.8 Å². The van der Waals surface area contributed by atoms with Gasteiger partial charge in [-0.1, -0.05) is 151 Å². The van der Waals surface area contributed by atoms with Crippen molar-refractivity contribution in [3.8, 4) is 61.6 Å². The summed E-state index contributed by atoms with van der Waals surface area (Å²) in [5.41, 5.74) is 14.2. The summed E-state index contributed by atoms with van der Waals surface area (Å²) < 4.78 is 2.41. The van der Waals surface area contributed by atoms with Gasteiger partial charge in [-0.05, 0) is 51.6 Å². The Morgan fingerprint density at radius 1 is 0.465 bits per heavy atom. The Morgan fingerprint density at radius 3 is 1.56 bits per heavy atom. The molecule has 0 N–H and O–H groups in total. The highest BCUT2D eigenvalue weighted by molar-refractivity contribution is 7.98. The molecular weight excluding hydrogens is 541 g/mol. The number of hydrogen-bond acceptors (Lipinski definition) is 2. The first kappa shape index (κ1) is 25.6. The van der Waals surface area contributed by atoms with E-state index in [1.165, 1.54) is 44.6 Å². The molecular formula is C40H28N2S. The standard InChI is InChI=1S/C40H28N2S/c1-5-14-28(15-6-1)33-24-34(29-16-7-2-8-17-29)26-35(25-33)36-23-13-22-32-27-43-40-41-37(30-18-9-3-10-19-30)39(42(40)38(32)36)31-20-11-4-12-21-31/h1-26H,27H2. The van der Waals surface area contributed by atoms with Crippen LogP contribution in [0.4, 0.5) is 0 Å². The molecule has 0 atom stereocenters. The van der Waals surface area contributed by atoms with Crippen molar-refractivity contribution in [2.45, 2.75) is 10.9 Å². The Morgan fingerprint density at radius 2 is 0.977 bits per heavy atom. The third kappa shape index (κ3) is 4.68. The predicted octanol–water partition coefficient (Wildman–Crippen LogP) is 10.8. The zero-order valence-corrected chi connectivity index (χ0v) is 24.3. The van der Waals surface area contributed by atoms with Crippen LogP contribution >= 0.6 is 11.8 Å². The second kappa shape index (κ2) is 10.9. The molecule has 8 rings (SSSR count). The molecule has 43 heavy (non-hydrogen) atoms. The molecule has 0 radical (unpaired) electrons. The number of aromatic nitrogens is 2. The van der Waals surface area contributed by atoms with Gasteiger partial charge in [-0.2, -0.15) is 0 Å². The third-order valence-corrected chi connectivity index (χ3v) is 9.09. The molecule has 0 unspecified atom stereocenters. The van der Waals surface area contributed by atoms with Gasteiger partial charge < -0.3 is 0 Å². The van der Waals surface area contributed by atoms with E-state index in [1.807, 2.05) is 11.8 Å². The minimum atomic E-state index is 0.882. The molecule has 0 fully saturated rings. The lowest BCUT2D eigenvalue weighted by Gasteiger charge is -2.24. The summed E-state index contributed by atoms with van der Waals surface area (Å²) in [6.07, 6.45) is 0. The fourth-order valence-electron chi connectivity index (χ4n) is 6.09. The van der Waals surface area contributed by atoms with Gasteiger partial charge in [0, 0.05) is 22.4 Å². The quantitative estimate of drug-likeness (QED) is 0.206. The summed E-state index contributed by atoms with van der Waals surface area (Å²) in [4.78, 5) is 5.29. The predicted molar refractivity (Wildman–Crippen MR) is 180 cm³/mol. The van der Waals surface area contributed by atoms with Crippen LogP contribution < -0.4 is 0 Å². The van der Waals surface area contributed by atoms with Gasteiger partial charge in [-0.3, -0.25) is 4.57 Å². The van der Waals surface area contributed by atoms with Gasteiger partial charge in [-0.15, -0.1) is 0 Å². The SMILES string of the molecule is c1ccc(-c2cc(-c3ccccc3)cc(-c3cccc4c3-n3c(nc(-c5ccccc5)c3-c3ccccc3)SC4)c2)cc1. The van der Waals surface area contributed by atoms with Crippen LogP contribution in [-0.4, -0.2) is 9.55 Å². The number of nitrogens with zero attached hydrogens (tertiary/aromatic N) is 2. The molecule has 0 saturated carbocycles. The summed E-state index contributed by atoms with van der Waals surface area (Å²) in [5.74, 6) is 0.882. The molecule has 7 aromatic rings. The van der Waals surface area contributed by atoms with Gasteiger partial charge in [0.1, 0.15) is 0 Å². The van der Waals surface area contributed by atoms with Crippen LogP contribution in [0.25, 0.3) is 61.6 Å². The lowest BCUT2D eigenvalue weighted by molar-refractivity contribution is 0.879. The topological polar surface area (TPSA) is 17.8 Å². The zero-order valence-electron chi connectivity index (χ0n) is 23.5. The van der Waals surface area contributed by atoms with Crippen LogP contribution in [0, 0.1) is 0 Å². The maximum atomic E-state index is 5.29. The van der Waals surface area contributed by atoms with Crippen molar-refractivity contribution in [3.63, 3.8) is 0 Å². The number of rotatable bonds is 5. The number of para-hydroxylation sites is 1. The third-order valence-electron chi connectivity index (χ3n) is 8.10. The molecule has 6 aromatic carbocycles. The highest BCUT2D eigenvalue weighted by atomic mass is 32.2. The molecule has 1 aliphatic rings. The normalized spacial score (nSPS) is 12.0. The van der Waals surface area contributed by atoms with Gasteiger partial charge in [-0.25, -0.2) is 4.98 Å². The zero-order chi connectivity index (χ0) is 28.6. The highest BCUT2D eigenvalue weighted by Gasteiger charge is 2.28. The summed E-state index contributed by atoms with van der Waals surface area (Å²) in [6, 6.07) is 56.4. The van der Waals surface area contributed by atoms with Crippen molar-refractivity contribution < 1.29 is 0 Å². The largest absolute Gasteiger partial charge is 0.286 e. The first-order valence-corrected chi connectivity index (χ1v) is 15.6. The number of imidazole rings is 1. The first-order valence-electron chi connectivity index (χ1n) is 14.6. The first-order chi connectivity index (χ1) is 21.3. The fraction of sp³-hybridized carbons (Fsp3) is 0.0250. The summed E-state index contributed by atoms with van der Waals surface area (Å²) in [7, 11) is 0. The second-order valence-corrected chi connectivity index (χ2v) is 11.7. The van der Waals surface area contributed by atoms with Crippen molar-refractivity contribution in [3.05, 3.63) is 163 Å². The molecule has 204 valence electrons. The van der Waals surface area contributed by atoms with Crippen LogP contribution in [-0.2, 0) is 5.75 Å². The molecule has 2 nitrogen and oxygen atoms in total. The monoisotopic (exact) mass is 568 g/mol. The van der Waals surface area contributed by atoms with E-state index in [-0.39, 0.29) is 0 Å². The van der Waals surface area contributed by atoms with Gasteiger partial charge in [0.05, 0.1) is 17.1 Å². The minimum absolute atomic E-state index is 0.882. The van der Waals surface area contributed by atoms with Crippen molar-refractivity contribution in [2.75, 3.05) is 0 Å². The van der Waals surface area contributed by atoms with E-state index < -0.39 is 0 Å². The molecule has 2 heterocycles. The van der Waals surface area contributed by atoms with Crippen molar-refractivity contribution in [2.24, 2.45) is 0 Å². The molecule has 0 saturated heterocycles. The average molecular weight is 569 g/mol. The van der Waals surface area contributed by atoms with Crippen LogP contribution in [0.3, 0.4) is 0 Å². The lowest BCUT2D eigenvalue weighted by atomic mass is 9.91. The lowest BCUT2D eigenvalue weighted by Crippen LogP contribution is -2.09. The van der Waals surface area contributed by atoms with Crippen molar-refractivity contribution in [1.29, 1.82) is 0 Å². The second-order valence-electron chi connectivity index (χ2n) is 10.8. The Bertz CT molecular complexity index is 1990. The Hall–Kier alpha value is -5.12. The maximum Gasteiger partial charge on any atom is 0.174 e. The Kier molecular flexibility index (Phi) is 6.51. The summed E-state index contributed by atoms with van der Waals surface area (Å²) in [6.45, 7) is 0. The van der Waals surface area contributed by atoms with Gasteiger partial charge in [0.25, 0.3) is 0 Å². The van der Waals surface area contributed by atoms with E-state index in [0.29, 0.717) is 0 Å². The van der Waals surface area contributed by atoms with Gasteiger partial charge in [0.2, 0.25) is 0 Å². The fourth-order valence-corrected chi connectivity index (χ4v) is 7.07. The van der Waals surface area contributed by atoms with E-state index >= 15 is 0 Å². The summed E-state index contributed by atoms with van der Waals surface area (Å²) in [5, 5.41) is 1.03. The van der Waals surface area contributed by atoms with E-state index in [0.717, 1.165) is 33.4 Å². The number of hydrogen-bond donors (Lipinski definition) is 0. The smallest absolute Gasteiger partial charge is 0.174 e. The molecule has 1 aromatic heterocycles. The molecule has 0 bridgehead atoms. The Labute approximate surface area is 256 Å². The van der Waals surface area contributed by atoms with Crippen LogP contribution in [0.1, 0.15) is 5.56 Å². The van der Waals surface area contributed by atoms with Gasteiger partial charge in [0.15, 0.2) is 5.16 Å². The minimum Gasteiger partial charge on any atom is -0.286 e. The van der Waals surface area contributed by atoms with Gasteiger partial charge >= 0.3 is 0 Å². The van der Waals surface area contributed by atoms with Crippen LogP contribution in [0.15, 0.2) is 163 Å². The van der Waals surface area contributed by atoms with Crippen LogP contribution in [0.5, 0.6) is 0 Å². The number of fused-ring (bicyclic) bond motifs is 3. The molecule has 0 amide bonds. The highest BCUT2D eigenvalue weighted by Crippen LogP contribution is 2.46. The van der Waals surface area contributed by atoms with Crippen molar-refractivity contribution in [1.82, 2.24) is 9.55 Å². The van der Waals surface area contributed by atoms with E-state index in [1.54, 1.807) is 0 Å². The average Bonchev–Trinajstić information content (AvgIpc) is 3.49. The molecule has 0 aliphatic carbocycles. The summed E-state index contributed by atoms with van der Waals surface area (Å²) >= 11 is 1.81. The van der Waals surface area contributed by atoms with E-state index in [9.17, 15) is 0 Å². The molecule has 1 aliphatic heterocycles. The number of thioether (sulfide) groups is 1.